The van der Waals surface area contributed by atoms with Crippen LogP contribution in [-0.2, 0) is 19.3 Å². The molecule has 1 N–H and O–H groups in total. The summed E-state index contributed by atoms with van der Waals surface area (Å²) in [5.74, 6) is 1.63. The minimum Gasteiger partial charge on any atom is -0.345 e. The molecule has 0 spiro atoms. The summed E-state index contributed by atoms with van der Waals surface area (Å²) in [5, 5.41) is 7.23. The molecule has 0 atom stereocenters. The number of carbonyl (C=O) groups excluding carboxylic acids is 1. The molecule has 0 saturated carbocycles. The quantitative estimate of drug-likeness (QED) is 0.476. The highest BCUT2D eigenvalue weighted by Gasteiger charge is 2.13. The van der Waals surface area contributed by atoms with E-state index in [9.17, 15) is 4.79 Å². The van der Waals surface area contributed by atoms with E-state index in [2.05, 4.69) is 27.1 Å². The minimum absolute atomic E-state index is 0.0736. The molecule has 0 aliphatic rings. The molecule has 27 heavy (non-hydrogen) atoms. The van der Waals surface area contributed by atoms with E-state index in [4.69, 9.17) is 0 Å². The number of nitrogens with one attached hydrogen (secondary N) is 1. The summed E-state index contributed by atoms with van der Waals surface area (Å²) in [6.45, 7) is 0.396. The molecule has 0 aliphatic carbocycles. The van der Waals surface area contributed by atoms with Gasteiger partial charge < -0.3 is 9.88 Å². The monoisotopic (exact) mass is 393 g/mol. The number of hydrogen-bond acceptors (Lipinski definition) is 4. The Morgan fingerprint density at radius 3 is 2.78 bits per heavy atom. The molecule has 1 amide bonds. The number of rotatable bonds is 6. The fourth-order valence-corrected chi connectivity index (χ4v) is 4.69. The van der Waals surface area contributed by atoms with Gasteiger partial charge in [0.05, 0.1) is 23.1 Å². The van der Waals surface area contributed by atoms with Crippen molar-refractivity contribution in [2.24, 2.45) is 7.05 Å². The first-order valence-corrected chi connectivity index (χ1v) is 10.6. The lowest BCUT2D eigenvalue weighted by molar-refractivity contribution is 0.0946. The molecular formula is C21H19N3OS2. The Morgan fingerprint density at radius 2 is 1.96 bits per heavy atom. The van der Waals surface area contributed by atoms with Crippen LogP contribution in [0.3, 0.4) is 0 Å². The minimum atomic E-state index is -0.0736. The van der Waals surface area contributed by atoms with Gasteiger partial charge in [0.2, 0.25) is 0 Å². The van der Waals surface area contributed by atoms with Crippen molar-refractivity contribution in [1.82, 2.24) is 14.9 Å². The van der Waals surface area contributed by atoms with Crippen LogP contribution in [0.1, 0.15) is 21.7 Å². The Balaban J connectivity index is 1.47. The van der Waals surface area contributed by atoms with E-state index in [1.54, 1.807) is 23.1 Å². The molecule has 2 aromatic heterocycles. The van der Waals surface area contributed by atoms with Gasteiger partial charge in [0, 0.05) is 17.7 Å². The average molecular weight is 394 g/mol. The number of benzene rings is 2. The predicted octanol–water partition coefficient (Wildman–Crippen LogP) is 4.86. The third kappa shape index (κ3) is 3.91. The van der Waals surface area contributed by atoms with Crippen LogP contribution < -0.4 is 5.32 Å². The van der Waals surface area contributed by atoms with E-state index < -0.39 is 0 Å². The van der Waals surface area contributed by atoms with Crippen molar-refractivity contribution < 1.29 is 4.79 Å². The second-order valence-corrected chi connectivity index (χ2v) is 7.97. The number of para-hydroxylation sites is 2. The molecule has 0 fully saturated rings. The third-order valence-electron chi connectivity index (χ3n) is 4.39. The summed E-state index contributed by atoms with van der Waals surface area (Å²) < 4.78 is 2.02. The first kappa shape index (κ1) is 17.8. The van der Waals surface area contributed by atoms with Crippen molar-refractivity contribution in [2.75, 3.05) is 0 Å². The van der Waals surface area contributed by atoms with E-state index in [-0.39, 0.29) is 5.91 Å². The number of nitrogens with zero attached hydrogens (tertiary/aromatic N) is 2. The number of thioether (sulfide) groups is 1. The number of aromatic nitrogens is 2. The van der Waals surface area contributed by atoms with E-state index in [1.165, 1.54) is 5.56 Å². The molecule has 6 heteroatoms. The second-order valence-electron chi connectivity index (χ2n) is 6.17. The largest absolute Gasteiger partial charge is 0.345 e. The molecule has 2 heterocycles. The number of carbonyl (C=O) groups is 1. The molecule has 2 aromatic carbocycles. The topological polar surface area (TPSA) is 46.9 Å². The van der Waals surface area contributed by atoms with Crippen molar-refractivity contribution in [3.63, 3.8) is 0 Å². The fourth-order valence-electron chi connectivity index (χ4n) is 2.92. The SMILES string of the molecule is Cn1c(CNC(=O)c2ccccc2SCc2ccsc2)nc2ccccc21. The van der Waals surface area contributed by atoms with Crippen LogP contribution >= 0.6 is 23.1 Å². The van der Waals surface area contributed by atoms with E-state index in [1.807, 2.05) is 60.1 Å². The Labute approximate surface area is 166 Å². The van der Waals surface area contributed by atoms with Gasteiger partial charge in [-0.05, 0) is 46.7 Å². The lowest BCUT2D eigenvalue weighted by Crippen LogP contribution is -2.24. The van der Waals surface area contributed by atoms with Crippen LogP contribution in [0.25, 0.3) is 11.0 Å². The summed E-state index contributed by atoms with van der Waals surface area (Å²) in [4.78, 5) is 18.4. The molecular weight excluding hydrogens is 374 g/mol. The first-order valence-electron chi connectivity index (χ1n) is 8.64. The third-order valence-corrected chi connectivity index (χ3v) is 6.27. The summed E-state index contributed by atoms with van der Waals surface area (Å²) in [7, 11) is 1.97. The van der Waals surface area contributed by atoms with Crippen LogP contribution in [0, 0.1) is 0 Å². The number of thiophene rings is 1. The Morgan fingerprint density at radius 1 is 1.15 bits per heavy atom. The maximum atomic E-state index is 12.8. The van der Waals surface area contributed by atoms with Crippen molar-refractivity contribution in [3.05, 3.63) is 82.3 Å². The van der Waals surface area contributed by atoms with Gasteiger partial charge >= 0.3 is 0 Å². The first-order chi connectivity index (χ1) is 13.2. The number of imidazole rings is 1. The molecule has 0 aliphatic heterocycles. The lowest BCUT2D eigenvalue weighted by atomic mass is 10.2. The Kier molecular flexibility index (Phi) is 5.27. The van der Waals surface area contributed by atoms with Crippen LogP contribution in [0.2, 0.25) is 0 Å². The van der Waals surface area contributed by atoms with Crippen molar-refractivity contribution in [3.8, 4) is 0 Å². The molecule has 0 radical (unpaired) electrons. The Bertz CT molecular complexity index is 1070. The summed E-state index contributed by atoms with van der Waals surface area (Å²) >= 11 is 3.38. The second kappa shape index (κ2) is 7.98. The van der Waals surface area contributed by atoms with Gasteiger partial charge in [-0.1, -0.05) is 24.3 Å². The van der Waals surface area contributed by atoms with Gasteiger partial charge in [-0.25, -0.2) is 4.98 Å². The summed E-state index contributed by atoms with van der Waals surface area (Å²) in [5.41, 5.74) is 3.99. The van der Waals surface area contributed by atoms with Gasteiger partial charge in [0.1, 0.15) is 5.82 Å². The van der Waals surface area contributed by atoms with Gasteiger partial charge in [-0.2, -0.15) is 11.3 Å². The van der Waals surface area contributed by atoms with Crippen LogP contribution in [0.5, 0.6) is 0 Å². The highest BCUT2D eigenvalue weighted by Crippen LogP contribution is 2.27. The molecule has 136 valence electrons. The van der Waals surface area contributed by atoms with Crippen LogP contribution in [0.4, 0.5) is 0 Å². The van der Waals surface area contributed by atoms with Gasteiger partial charge in [0.15, 0.2) is 0 Å². The zero-order valence-corrected chi connectivity index (χ0v) is 16.5. The highest BCUT2D eigenvalue weighted by atomic mass is 32.2. The zero-order chi connectivity index (χ0) is 18.6. The molecule has 4 nitrogen and oxygen atoms in total. The molecule has 0 saturated heterocycles. The lowest BCUT2D eigenvalue weighted by Gasteiger charge is -2.10. The zero-order valence-electron chi connectivity index (χ0n) is 14.9. The standard InChI is InChI=1S/C21H19N3OS2/c1-24-18-8-4-3-7-17(18)23-20(24)12-22-21(25)16-6-2-5-9-19(16)27-14-15-10-11-26-13-15/h2-11,13H,12,14H2,1H3,(H,22,25). The molecule has 4 aromatic rings. The van der Waals surface area contributed by atoms with E-state index in [0.717, 1.165) is 27.5 Å². The van der Waals surface area contributed by atoms with Gasteiger partial charge in [-0.3, -0.25) is 4.79 Å². The number of fused-ring (bicyclic) bond motifs is 1. The predicted molar refractivity (Wildman–Crippen MR) is 112 cm³/mol. The van der Waals surface area contributed by atoms with Crippen LogP contribution in [0.15, 0.2) is 70.3 Å². The number of aryl methyl sites for hydroxylation is 1. The normalized spacial score (nSPS) is 11.0. The highest BCUT2D eigenvalue weighted by molar-refractivity contribution is 7.98. The molecule has 4 rings (SSSR count). The molecule has 0 unspecified atom stereocenters. The van der Waals surface area contributed by atoms with Crippen molar-refractivity contribution in [1.29, 1.82) is 0 Å². The number of amides is 1. The van der Waals surface area contributed by atoms with Crippen molar-refractivity contribution in [2.45, 2.75) is 17.2 Å². The smallest absolute Gasteiger partial charge is 0.252 e. The van der Waals surface area contributed by atoms with E-state index in [0.29, 0.717) is 12.1 Å². The summed E-state index contributed by atoms with van der Waals surface area (Å²) in [6.07, 6.45) is 0. The average Bonchev–Trinajstić information content (AvgIpc) is 3.33. The maximum Gasteiger partial charge on any atom is 0.252 e. The van der Waals surface area contributed by atoms with Crippen LogP contribution in [-0.4, -0.2) is 15.5 Å². The van der Waals surface area contributed by atoms with Gasteiger partial charge in [-0.15, -0.1) is 11.8 Å². The summed E-state index contributed by atoms with van der Waals surface area (Å²) in [6, 6.07) is 17.8. The number of hydrogen-bond donors (Lipinski definition) is 1. The molecule has 0 bridgehead atoms. The van der Waals surface area contributed by atoms with E-state index >= 15 is 0 Å². The maximum absolute atomic E-state index is 12.8. The van der Waals surface area contributed by atoms with Crippen molar-refractivity contribution >= 4 is 40.0 Å². The Hall–Kier alpha value is -2.57. The van der Waals surface area contributed by atoms with Gasteiger partial charge in [0.25, 0.3) is 5.91 Å². The fraction of sp³-hybridized carbons (Fsp3) is 0.143.